The summed E-state index contributed by atoms with van der Waals surface area (Å²) < 4.78 is 0. The number of hydrogen-bond acceptors (Lipinski definition) is 2. The van der Waals surface area contributed by atoms with Gasteiger partial charge in [-0.1, -0.05) is 20.3 Å². The number of carbonyl (C=O) groups excluding carboxylic acids is 1. The van der Waals surface area contributed by atoms with E-state index in [0.717, 1.165) is 25.3 Å². The van der Waals surface area contributed by atoms with Gasteiger partial charge in [0.1, 0.15) is 0 Å². The first kappa shape index (κ1) is 12.5. The van der Waals surface area contributed by atoms with Crippen LogP contribution in [0.25, 0.3) is 0 Å². The largest absolute Gasteiger partial charge is 0.356 e. The summed E-state index contributed by atoms with van der Waals surface area (Å²) in [5.41, 5.74) is 5.58. The van der Waals surface area contributed by atoms with E-state index < -0.39 is 0 Å². The lowest BCUT2D eigenvalue weighted by Gasteiger charge is -2.16. The molecule has 2 unspecified atom stereocenters. The van der Waals surface area contributed by atoms with Crippen molar-refractivity contribution >= 4 is 5.91 Å². The normalized spacial score (nSPS) is 19.7. The number of amides is 1. The molecule has 88 valence electrons. The smallest absolute Gasteiger partial charge is 0.224 e. The van der Waals surface area contributed by atoms with Gasteiger partial charge in [-0.15, -0.1) is 0 Å². The number of hydrogen-bond donors (Lipinski definition) is 2. The van der Waals surface area contributed by atoms with Crippen molar-refractivity contribution < 1.29 is 4.79 Å². The molecule has 0 heterocycles. The molecule has 3 nitrogen and oxygen atoms in total. The predicted octanol–water partition coefficient (Wildman–Crippen LogP) is 1.52. The highest BCUT2D eigenvalue weighted by atomic mass is 16.1. The van der Waals surface area contributed by atoms with Gasteiger partial charge in [-0.3, -0.25) is 4.79 Å². The molecular formula is C12H24N2O. The van der Waals surface area contributed by atoms with Crippen LogP contribution in [0.3, 0.4) is 0 Å². The van der Waals surface area contributed by atoms with E-state index in [4.69, 9.17) is 5.73 Å². The fourth-order valence-electron chi connectivity index (χ4n) is 1.94. The Bertz CT molecular complexity index is 202. The van der Waals surface area contributed by atoms with Gasteiger partial charge in [0, 0.05) is 13.1 Å². The summed E-state index contributed by atoms with van der Waals surface area (Å²) >= 11 is 0. The molecule has 1 aliphatic carbocycles. The molecule has 2 atom stereocenters. The third-order valence-corrected chi connectivity index (χ3v) is 3.32. The monoisotopic (exact) mass is 212 g/mol. The van der Waals surface area contributed by atoms with E-state index in [9.17, 15) is 4.79 Å². The van der Waals surface area contributed by atoms with E-state index in [-0.39, 0.29) is 11.8 Å². The molecule has 15 heavy (non-hydrogen) atoms. The average Bonchev–Trinajstić information content (AvgIpc) is 3.05. The summed E-state index contributed by atoms with van der Waals surface area (Å²) in [6.45, 7) is 5.60. The van der Waals surface area contributed by atoms with Gasteiger partial charge in [0.25, 0.3) is 0 Å². The first-order valence-electron chi connectivity index (χ1n) is 6.16. The fourth-order valence-corrected chi connectivity index (χ4v) is 1.94. The molecule has 0 saturated heterocycles. The molecule has 0 aromatic heterocycles. The molecule has 0 aromatic carbocycles. The van der Waals surface area contributed by atoms with E-state index in [2.05, 4.69) is 19.2 Å². The molecule has 1 rings (SSSR count). The minimum absolute atomic E-state index is 0.0152. The van der Waals surface area contributed by atoms with Crippen LogP contribution >= 0.6 is 0 Å². The number of carbonyl (C=O) groups is 1. The molecule has 1 amide bonds. The highest BCUT2D eigenvalue weighted by Crippen LogP contribution is 2.36. The lowest BCUT2D eigenvalue weighted by molar-refractivity contribution is -0.125. The first-order chi connectivity index (χ1) is 7.19. The maximum atomic E-state index is 11.7. The third-order valence-electron chi connectivity index (χ3n) is 3.32. The number of nitrogens with one attached hydrogen (secondary N) is 1. The molecule has 3 N–H and O–H groups in total. The number of rotatable bonds is 7. The topological polar surface area (TPSA) is 55.1 Å². The maximum Gasteiger partial charge on any atom is 0.224 e. The highest BCUT2D eigenvalue weighted by molar-refractivity contribution is 5.78. The molecule has 3 heteroatoms. The lowest BCUT2D eigenvalue weighted by Crippen LogP contribution is -2.37. The minimum atomic E-state index is 0.0152. The van der Waals surface area contributed by atoms with E-state index >= 15 is 0 Å². The predicted molar refractivity (Wildman–Crippen MR) is 62.4 cm³/mol. The second-order valence-electron chi connectivity index (χ2n) is 4.78. The van der Waals surface area contributed by atoms with Crippen LogP contribution in [0, 0.1) is 17.8 Å². The van der Waals surface area contributed by atoms with Crippen LogP contribution in [0.15, 0.2) is 0 Å². The van der Waals surface area contributed by atoms with Crippen LogP contribution in [0.1, 0.15) is 39.5 Å². The van der Waals surface area contributed by atoms with Gasteiger partial charge in [-0.2, -0.15) is 0 Å². The average molecular weight is 212 g/mol. The van der Waals surface area contributed by atoms with Gasteiger partial charge in [-0.05, 0) is 31.1 Å². The van der Waals surface area contributed by atoms with Gasteiger partial charge in [0.15, 0.2) is 0 Å². The zero-order valence-electron chi connectivity index (χ0n) is 9.96. The van der Waals surface area contributed by atoms with Crippen LogP contribution in [0.2, 0.25) is 0 Å². The zero-order valence-corrected chi connectivity index (χ0v) is 9.96. The Kier molecular flexibility index (Phi) is 5.09. The van der Waals surface area contributed by atoms with Gasteiger partial charge in [0.2, 0.25) is 5.91 Å². The standard InChI is InChI=1S/C12H24N2O/c1-3-4-11(7-13)12(15)14-8-9(2)10-5-6-10/h9-11H,3-8,13H2,1-2H3,(H,14,15). The second-order valence-corrected chi connectivity index (χ2v) is 4.78. The Morgan fingerprint density at radius 1 is 1.53 bits per heavy atom. The first-order valence-corrected chi connectivity index (χ1v) is 6.16. The zero-order chi connectivity index (χ0) is 11.3. The molecule has 0 bridgehead atoms. The van der Waals surface area contributed by atoms with Crippen molar-refractivity contribution in [3.05, 3.63) is 0 Å². The quantitative estimate of drug-likeness (QED) is 0.672. The van der Waals surface area contributed by atoms with Crippen LogP contribution in [0.5, 0.6) is 0 Å². The van der Waals surface area contributed by atoms with Gasteiger partial charge >= 0.3 is 0 Å². The molecule has 0 aromatic rings. The molecular weight excluding hydrogens is 188 g/mol. The van der Waals surface area contributed by atoms with E-state index in [1.807, 2.05) is 0 Å². The molecule has 1 aliphatic rings. The summed E-state index contributed by atoms with van der Waals surface area (Å²) in [4.78, 5) is 11.7. The van der Waals surface area contributed by atoms with Crippen LogP contribution in [-0.2, 0) is 4.79 Å². The molecule has 0 radical (unpaired) electrons. The Morgan fingerprint density at radius 3 is 2.67 bits per heavy atom. The maximum absolute atomic E-state index is 11.7. The SMILES string of the molecule is CCCC(CN)C(=O)NCC(C)C1CC1. The summed E-state index contributed by atoms with van der Waals surface area (Å²) in [5.74, 6) is 1.65. The van der Waals surface area contributed by atoms with Crippen molar-refractivity contribution in [2.45, 2.75) is 39.5 Å². The van der Waals surface area contributed by atoms with Crippen LogP contribution < -0.4 is 11.1 Å². The van der Waals surface area contributed by atoms with Crippen molar-refractivity contribution in [1.29, 1.82) is 0 Å². The summed E-state index contributed by atoms with van der Waals surface area (Å²) in [7, 11) is 0. The van der Waals surface area contributed by atoms with Gasteiger partial charge < -0.3 is 11.1 Å². The summed E-state index contributed by atoms with van der Waals surface area (Å²) in [5, 5.41) is 3.02. The summed E-state index contributed by atoms with van der Waals surface area (Å²) in [6.07, 6.45) is 4.60. The fraction of sp³-hybridized carbons (Fsp3) is 0.917. The Hall–Kier alpha value is -0.570. The van der Waals surface area contributed by atoms with E-state index in [1.165, 1.54) is 12.8 Å². The Labute approximate surface area is 92.8 Å². The minimum Gasteiger partial charge on any atom is -0.356 e. The molecule has 0 spiro atoms. The van der Waals surface area contributed by atoms with Gasteiger partial charge in [0.05, 0.1) is 5.92 Å². The highest BCUT2D eigenvalue weighted by Gasteiger charge is 2.28. The van der Waals surface area contributed by atoms with Crippen molar-refractivity contribution in [3.63, 3.8) is 0 Å². The van der Waals surface area contributed by atoms with E-state index in [1.54, 1.807) is 0 Å². The van der Waals surface area contributed by atoms with Crippen molar-refractivity contribution in [1.82, 2.24) is 5.32 Å². The van der Waals surface area contributed by atoms with Crippen LogP contribution in [-0.4, -0.2) is 19.0 Å². The van der Waals surface area contributed by atoms with Crippen molar-refractivity contribution in [2.24, 2.45) is 23.5 Å². The van der Waals surface area contributed by atoms with E-state index in [0.29, 0.717) is 12.5 Å². The molecule has 1 saturated carbocycles. The van der Waals surface area contributed by atoms with Crippen LogP contribution in [0.4, 0.5) is 0 Å². The Balaban J connectivity index is 2.20. The van der Waals surface area contributed by atoms with Crippen molar-refractivity contribution in [2.75, 3.05) is 13.1 Å². The van der Waals surface area contributed by atoms with Crippen molar-refractivity contribution in [3.8, 4) is 0 Å². The molecule has 1 fully saturated rings. The number of nitrogens with two attached hydrogens (primary N) is 1. The summed E-state index contributed by atoms with van der Waals surface area (Å²) in [6, 6.07) is 0. The molecule has 0 aliphatic heterocycles. The lowest BCUT2D eigenvalue weighted by atomic mass is 10.0. The second kappa shape index (κ2) is 6.11. The third kappa shape index (κ3) is 4.20. The Morgan fingerprint density at radius 2 is 2.20 bits per heavy atom. The van der Waals surface area contributed by atoms with Gasteiger partial charge in [-0.25, -0.2) is 0 Å².